The first-order valence-electron chi connectivity index (χ1n) is 6.96. The zero-order chi connectivity index (χ0) is 15.2. The Labute approximate surface area is 144 Å². The summed E-state index contributed by atoms with van der Waals surface area (Å²) < 4.78 is 1.12. The maximum absolute atomic E-state index is 6.17. The first-order chi connectivity index (χ1) is 10.0. The zero-order valence-corrected chi connectivity index (χ0v) is 15.0. The Balaban J connectivity index is 1.78. The van der Waals surface area contributed by atoms with Gasteiger partial charge in [-0.05, 0) is 61.7 Å². The Kier molecular flexibility index (Phi) is 6.56. The highest BCUT2D eigenvalue weighted by Crippen LogP contribution is 2.21. The molecule has 2 aromatic carbocycles. The van der Waals surface area contributed by atoms with Gasteiger partial charge in [-0.1, -0.05) is 57.3 Å². The molecule has 1 nitrogen and oxygen atoms in total. The number of hydrogen-bond acceptors (Lipinski definition) is 1. The summed E-state index contributed by atoms with van der Waals surface area (Å²) in [5.74, 6) is 0. The third-order valence-corrected chi connectivity index (χ3v) is 4.47. The average Bonchev–Trinajstić information content (AvgIpc) is 2.44. The Bertz CT molecular complexity index is 584. The Morgan fingerprint density at radius 2 is 1.81 bits per heavy atom. The summed E-state index contributed by atoms with van der Waals surface area (Å²) >= 11 is 15.5. The topological polar surface area (TPSA) is 12.0 Å². The molecule has 2 aromatic rings. The molecule has 4 heteroatoms. The van der Waals surface area contributed by atoms with Crippen molar-refractivity contribution in [3.63, 3.8) is 0 Å². The van der Waals surface area contributed by atoms with Crippen molar-refractivity contribution in [3.8, 4) is 0 Å². The molecule has 1 N–H and O–H groups in total. The molecule has 0 bridgehead atoms. The molecule has 0 amide bonds. The van der Waals surface area contributed by atoms with Crippen LogP contribution in [0.15, 0.2) is 46.9 Å². The average molecular weight is 387 g/mol. The number of benzene rings is 2. The van der Waals surface area contributed by atoms with Crippen LogP contribution in [0.1, 0.15) is 18.1 Å². The molecular weight excluding hydrogens is 369 g/mol. The van der Waals surface area contributed by atoms with Crippen LogP contribution in [-0.4, -0.2) is 12.6 Å². The van der Waals surface area contributed by atoms with E-state index in [4.69, 9.17) is 23.2 Å². The fourth-order valence-corrected chi connectivity index (χ4v) is 2.99. The minimum atomic E-state index is 0.428. The van der Waals surface area contributed by atoms with Crippen molar-refractivity contribution in [3.05, 3.63) is 68.1 Å². The lowest BCUT2D eigenvalue weighted by atomic mass is 10.1. The Morgan fingerprint density at radius 3 is 2.48 bits per heavy atom. The standard InChI is InChI=1S/C17H18BrCl2N/c1-12(10-13-2-5-15(18)6-3-13)21-9-8-14-4-7-16(19)11-17(14)20/h2-7,11-12,21H,8-10H2,1H3. The minimum absolute atomic E-state index is 0.428. The van der Waals surface area contributed by atoms with Gasteiger partial charge in [0.15, 0.2) is 0 Å². The van der Waals surface area contributed by atoms with Crippen molar-refractivity contribution in [2.45, 2.75) is 25.8 Å². The Hall–Kier alpha value is -0.540. The van der Waals surface area contributed by atoms with E-state index in [2.05, 4.69) is 52.4 Å². The van der Waals surface area contributed by atoms with Gasteiger partial charge >= 0.3 is 0 Å². The number of nitrogens with one attached hydrogen (secondary N) is 1. The number of halogens is 3. The largest absolute Gasteiger partial charge is 0.314 e. The van der Waals surface area contributed by atoms with Crippen molar-refractivity contribution >= 4 is 39.1 Å². The quantitative estimate of drug-likeness (QED) is 0.689. The van der Waals surface area contributed by atoms with Gasteiger partial charge in [0.25, 0.3) is 0 Å². The van der Waals surface area contributed by atoms with Crippen LogP contribution in [0.3, 0.4) is 0 Å². The van der Waals surface area contributed by atoms with Crippen molar-refractivity contribution in [1.29, 1.82) is 0 Å². The fourth-order valence-electron chi connectivity index (χ4n) is 2.22. The second-order valence-electron chi connectivity index (χ2n) is 5.17. The second kappa shape index (κ2) is 8.19. The van der Waals surface area contributed by atoms with E-state index in [0.29, 0.717) is 11.1 Å². The molecule has 112 valence electrons. The van der Waals surface area contributed by atoms with Gasteiger partial charge in [0, 0.05) is 20.6 Å². The minimum Gasteiger partial charge on any atom is -0.314 e. The molecule has 0 saturated heterocycles. The first-order valence-corrected chi connectivity index (χ1v) is 8.51. The van der Waals surface area contributed by atoms with Gasteiger partial charge in [0.2, 0.25) is 0 Å². The summed E-state index contributed by atoms with van der Waals surface area (Å²) in [7, 11) is 0. The van der Waals surface area contributed by atoms with Crippen LogP contribution in [-0.2, 0) is 12.8 Å². The molecule has 0 heterocycles. The molecule has 1 unspecified atom stereocenters. The van der Waals surface area contributed by atoms with E-state index in [0.717, 1.165) is 34.4 Å². The predicted molar refractivity (Wildman–Crippen MR) is 95.5 cm³/mol. The number of rotatable bonds is 6. The summed E-state index contributed by atoms with van der Waals surface area (Å²) in [6, 6.07) is 14.6. The van der Waals surface area contributed by atoms with Gasteiger partial charge in [0.05, 0.1) is 0 Å². The lowest BCUT2D eigenvalue weighted by Gasteiger charge is -2.14. The third kappa shape index (κ3) is 5.63. The molecule has 0 aliphatic rings. The van der Waals surface area contributed by atoms with Crippen LogP contribution < -0.4 is 5.32 Å². The smallest absolute Gasteiger partial charge is 0.0453 e. The van der Waals surface area contributed by atoms with E-state index in [1.54, 1.807) is 6.07 Å². The zero-order valence-electron chi connectivity index (χ0n) is 11.9. The molecule has 21 heavy (non-hydrogen) atoms. The van der Waals surface area contributed by atoms with Crippen LogP contribution in [0.25, 0.3) is 0 Å². The summed E-state index contributed by atoms with van der Waals surface area (Å²) in [6.07, 6.45) is 1.92. The van der Waals surface area contributed by atoms with E-state index >= 15 is 0 Å². The number of hydrogen-bond donors (Lipinski definition) is 1. The molecule has 2 rings (SSSR count). The molecule has 0 fully saturated rings. The lowest BCUT2D eigenvalue weighted by molar-refractivity contribution is 0.548. The van der Waals surface area contributed by atoms with Crippen molar-refractivity contribution < 1.29 is 0 Å². The van der Waals surface area contributed by atoms with E-state index in [1.165, 1.54) is 5.56 Å². The van der Waals surface area contributed by atoms with Gasteiger partial charge in [-0.2, -0.15) is 0 Å². The monoisotopic (exact) mass is 385 g/mol. The molecule has 0 aliphatic heterocycles. The molecule has 0 saturated carbocycles. The molecular formula is C17H18BrCl2N. The van der Waals surface area contributed by atoms with Crippen LogP contribution in [0.2, 0.25) is 10.0 Å². The normalized spacial score (nSPS) is 12.4. The summed E-state index contributed by atoms with van der Waals surface area (Å²) in [4.78, 5) is 0. The van der Waals surface area contributed by atoms with Gasteiger partial charge in [-0.25, -0.2) is 0 Å². The highest BCUT2D eigenvalue weighted by atomic mass is 79.9. The van der Waals surface area contributed by atoms with Crippen LogP contribution in [0.4, 0.5) is 0 Å². The molecule has 0 spiro atoms. The maximum Gasteiger partial charge on any atom is 0.0453 e. The highest BCUT2D eigenvalue weighted by Gasteiger charge is 2.05. The van der Waals surface area contributed by atoms with E-state index in [1.807, 2.05) is 12.1 Å². The van der Waals surface area contributed by atoms with E-state index < -0.39 is 0 Å². The molecule has 0 radical (unpaired) electrons. The van der Waals surface area contributed by atoms with Gasteiger partial charge < -0.3 is 5.32 Å². The second-order valence-corrected chi connectivity index (χ2v) is 6.93. The van der Waals surface area contributed by atoms with Gasteiger partial charge in [-0.15, -0.1) is 0 Å². The Morgan fingerprint density at radius 1 is 1.10 bits per heavy atom. The van der Waals surface area contributed by atoms with E-state index in [9.17, 15) is 0 Å². The summed E-state index contributed by atoms with van der Waals surface area (Å²) in [6.45, 7) is 3.10. The lowest BCUT2D eigenvalue weighted by Crippen LogP contribution is -2.30. The van der Waals surface area contributed by atoms with Crippen molar-refractivity contribution in [1.82, 2.24) is 5.32 Å². The fraction of sp³-hybridized carbons (Fsp3) is 0.294. The predicted octanol–water partition coefficient (Wildman–Crippen LogP) is 5.52. The molecule has 0 aromatic heterocycles. The van der Waals surface area contributed by atoms with Crippen molar-refractivity contribution in [2.75, 3.05) is 6.54 Å². The van der Waals surface area contributed by atoms with E-state index in [-0.39, 0.29) is 0 Å². The SMILES string of the molecule is CC(Cc1ccc(Br)cc1)NCCc1ccc(Cl)cc1Cl. The molecule has 0 aliphatic carbocycles. The summed E-state index contributed by atoms with van der Waals surface area (Å²) in [5.41, 5.74) is 2.46. The van der Waals surface area contributed by atoms with Crippen LogP contribution in [0, 0.1) is 0 Å². The van der Waals surface area contributed by atoms with Gasteiger partial charge in [0.1, 0.15) is 0 Å². The van der Waals surface area contributed by atoms with Crippen molar-refractivity contribution in [2.24, 2.45) is 0 Å². The van der Waals surface area contributed by atoms with Gasteiger partial charge in [-0.3, -0.25) is 0 Å². The van der Waals surface area contributed by atoms with Crippen LogP contribution in [0.5, 0.6) is 0 Å². The van der Waals surface area contributed by atoms with Crippen LogP contribution >= 0.6 is 39.1 Å². The molecule has 1 atom stereocenters. The highest BCUT2D eigenvalue weighted by molar-refractivity contribution is 9.10. The summed E-state index contributed by atoms with van der Waals surface area (Å²) in [5, 5.41) is 4.95. The first kappa shape index (κ1) is 16.8. The maximum atomic E-state index is 6.17. The third-order valence-electron chi connectivity index (χ3n) is 3.36.